The van der Waals surface area contributed by atoms with Crippen molar-refractivity contribution in [2.45, 2.75) is 19.8 Å². The van der Waals surface area contributed by atoms with E-state index >= 15 is 0 Å². The van der Waals surface area contributed by atoms with Crippen molar-refractivity contribution in [2.75, 3.05) is 43.1 Å². The van der Waals surface area contributed by atoms with Gasteiger partial charge in [0.25, 0.3) is 5.91 Å². The molecule has 0 radical (unpaired) electrons. The average molecular weight is 497 g/mol. The maximum atomic E-state index is 13.2. The zero-order chi connectivity index (χ0) is 25.3. The molecule has 1 amide bonds. The Morgan fingerprint density at radius 1 is 1.23 bits per heavy atom. The number of hydrogen-bond acceptors (Lipinski definition) is 6. The van der Waals surface area contributed by atoms with E-state index in [2.05, 4.69) is 27.1 Å². The highest BCUT2D eigenvalue weighted by molar-refractivity contribution is 7.91. The van der Waals surface area contributed by atoms with E-state index in [-0.39, 0.29) is 23.2 Å². The van der Waals surface area contributed by atoms with Gasteiger partial charge in [0.05, 0.1) is 22.6 Å². The summed E-state index contributed by atoms with van der Waals surface area (Å²) in [6, 6.07) is 7.46. The second-order valence-electron chi connectivity index (χ2n) is 8.10. The number of pyridine rings is 1. The first-order valence-electron chi connectivity index (χ1n) is 11.4. The molecule has 0 spiro atoms. The molecule has 1 aromatic carbocycles. The number of sulfone groups is 1. The van der Waals surface area contributed by atoms with Gasteiger partial charge in [0.1, 0.15) is 11.6 Å². The molecule has 2 aromatic rings. The van der Waals surface area contributed by atoms with E-state index in [1.807, 2.05) is 24.1 Å². The van der Waals surface area contributed by atoms with Gasteiger partial charge in [-0.15, -0.1) is 0 Å². The van der Waals surface area contributed by atoms with E-state index in [0.29, 0.717) is 42.1 Å². The van der Waals surface area contributed by atoms with Gasteiger partial charge >= 0.3 is 0 Å². The summed E-state index contributed by atoms with van der Waals surface area (Å²) < 4.78 is 36.9. The van der Waals surface area contributed by atoms with Crippen molar-refractivity contribution >= 4 is 27.8 Å². The second kappa shape index (κ2) is 12.3. The normalized spacial score (nSPS) is 15.5. The van der Waals surface area contributed by atoms with Crippen molar-refractivity contribution in [1.29, 1.82) is 0 Å². The van der Waals surface area contributed by atoms with Gasteiger partial charge in [0, 0.05) is 44.7 Å². The number of rotatable bonds is 7. The van der Waals surface area contributed by atoms with Crippen LogP contribution in [0.2, 0.25) is 0 Å². The van der Waals surface area contributed by atoms with Crippen molar-refractivity contribution in [3.05, 3.63) is 70.7 Å². The molecule has 1 fully saturated rings. The van der Waals surface area contributed by atoms with Gasteiger partial charge < -0.3 is 10.2 Å². The van der Waals surface area contributed by atoms with Crippen LogP contribution in [0.15, 0.2) is 53.2 Å². The Balaban J connectivity index is 1.79. The lowest BCUT2D eigenvalue weighted by Crippen LogP contribution is -2.41. The molecule has 7 nitrogen and oxygen atoms in total. The minimum absolute atomic E-state index is 0.0404. The lowest BCUT2D eigenvalue weighted by Gasteiger charge is -2.28. The molecule has 0 aliphatic carbocycles. The molecule has 0 unspecified atom stereocenters. The Morgan fingerprint density at radius 2 is 1.94 bits per heavy atom. The van der Waals surface area contributed by atoms with Crippen LogP contribution in [0.4, 0.5) is 10.2 Å². The van der Waals surface area contributed by atoms with Crippen LogP contribution >= 0.6 is 0 Å². The summed E-state index contributed by atoms with van der Waals surface area (Å²) in [4.78, 5) is 23.1. The number of carbonyl (C=O) groups excluding carboxylic acids is 1. The van der Waals surface area contributed by atoms with Gasteiger partial charge in [0.15, 0.2) is 9.84 Å². The van der Waals surface area contributed by atoms with Gasteiger partial charge in [-0.2, -0.15) is 0 Å². The molecule has 9 heteroatoms. The highest BCUT2D eigenvalue weighted by Crippen LogP contribution is 2.21. The molecular weight excluding hydrogens is 467 g/mol. The Morgan fingerprint density at radius 3 is 2.60 bits per heavy atom. The second-order valence-corrected chi connectivity index (χ2v) is 10.4. The minimum Gasteiger partial charge on any atom is -0.354 e. The van der Waals surface area contributed by atoms with Crippen LogP contribution in [-0.2, 0) is 9.84 Å². The van der Waals surface area contributed by atoms with Crippen LogP contribution in [0.3, 0.4) is 0 Å². The molecule has 1 aliphatic heterocycles. The van der Waals surface area contributed by atoms with Crippen molar-refractivity contribution < 1.29 is 17.6 Å². The van der Waals surface area contributed by atoms with E-state index in [0.717, 1.165) is 18.4 Å². The zero-order valence-corrected chi connectivity index (χ0v) is 20.7. The Bertz CT molecular complexity index is 1260. The third-order valence-electron chi connectivity index (χ3n) is 5.55. The maximum absolute atomic E-state index is 13.2. The van der Waals surface area contributed by atoms with Crippen LogP contribution in [0.1, 0.15) is 41.3 Å². The van der Waals surface area contributed by atoms with Crippen molar-refractivity contribution in [3.63, 3.8) is 0 Å². The number of aromatic nitrogens is 1. The molecule has 1 N–H and O–H groups in total. The molecule has 1 saturated heterocycles. The molecule has 0 bridgehead atoms. The van der Waals surface area contributed by atoms with E-state index in [1.165, 1.54) is 18.3 Å². The predicted octanol–water partition coefficient (Wildman–Crippen LogP) is 3.01. The fraction of sp³-hybridized carbons (Fsp3) is 0.346. The summed E-state index contributed by atoms with van der Waals surface area (Å²) in [5, 5.41) is 2.90. The monoisotopic (exact) mass is 496 g/mol. The highest BCUT2D eigenvalue weighted by atomic mass is 32.2. The number of nitrogens with zero attached hydrogens (tertiary/aromatic N) is 3. The van der Waals surface area contributed by atoms with Gasteiger partial charge in [-0.05, 0) is 55.7 Å². The Kier molecular flexibility index (Phi) is 9.15. The molecule has 2 heterocycles. The number of amides is 1. The number of aliphatic imine (C=N–C) groups is 1. The first-order valence-corrected chi connectivity index (χ1v) is 13.2. The van der Waals surface area contributed by atoms with Gasteiger partial charge in [-0.3, -0.25) is 9.79 Å². The van der Waals surface area contributed by atoms with Crippen molar-refractivity contribution in [2.24, 2.45) is 4.99 Å². The van der Waals surface area contributed by atoms with Gasteiger partial charge in [-0.25, -0.2) is 17.8 Å². The molecular formula is C26H29FN4O3S. The molecule has 184 valence electrons. The molecule has 1 aliphatic rings. The van der Waals surface area contributed by atoms with Crippen LogP contribution in [-0.4, -0.2) is 63.7 Å². The molecule has 35 heavy (non-hydrogen) atoms. The van der Waals surface area contributed by atoms with Gasteiger partial charge in [0.2, 0.25) is 0 Å². The Hall–Kier alpha value is -3.51. The fourth-order valence-electron chi connectivity index (χ4n) is 3.57. The van der Waals surface area contributed by atoms with Crippen LogP contribution in [0, 0.1) is 17.7 Å². The number of nitrogens with one attached hydrogen (secondary N) is 1. The van der Waals surface area contributed by atoms with Gasteiger partial charge in [-0.1, -0.05) is 17.9 Å². The summed E-state index contributed by atoms with van der Waals surface area (Å²) in [6.07, 6.45) is 6.86. The van der Waals surface area contributed by atoms with E-state index in [1.54, 1.807) is 25.2 Å². The Labute approximate surface area is 206 Å². The van der Waals surface area contributed by atoms with E-state index in [9.17, 15) is 17.6 Å². The summed E-state index contributed by atoms with van der Waals surface area (Å²) in [7, 11) is -1.34. The lowest BCUT2D eigenvalue weighted by molar-refractivity contribution is 0.0953. The van der Waals surface area contributed by atoms with Crippen LogP contribution in [0.25, 0.3) is 0 Å². The standard InChI is InChI=1S/C26H29FN4O3S/c1-3-20(18-28-2)5-4-12-29-26(32)23-17-22(9-6-21-7-10-24(27)11-8-21)25(30-19-23)31-13-15-35(33,34)16-14-31/h3,7-8,10-11,17-19H,4-5,12-16H2,1-2H3,(H,29,32)/b20-3-,28-18-. The fourth-order valence-corrected chi connectivity index (χ4v) is 4.77. The van der Waals surface area contributed by atoms with E-state index in [4.69, 9.17) is 0 Å². The smallest absolute Gasteiger partial charge is 0.252 e. The summed E-state index contributed by atoms with van der Waals surface area (Å²) in [6.45, 7) is 3.06. The topological polar surface area (TPSA) is 91.7 Å². The summed E-state index contributed by atoms with van der Waals surface area (Å²) >= 11 is 0. The molecule has 1 aromatic heterocycles. The number of hydrogen-bond donors (Lipinski definition) is 1. The molecule has 0 atom stereocenters. The zero-order valence-electron chi connectivity index (χ0n) is 19.9. The van der Waals surface area contributed by atoms with Crippen LogP contribution < -0.4 is 10.2 Å². The lowest BCUT2D eigenvalue weighted by atomic mass is 10.1. The first-order chi connectivity index (χ1) is 16.8. The summed E-state index contributed by atoms with van der Waals surface area (Å²) in [5.41, 5.74) is 2.60. The number of allylic oxidation sites excluding steroid dienone is 2. The van der Waals surface area contributed by atoms with Crippen molar-refractivity contribution in [3.8, 4) is 11.8 Å². The molecule has 0 saturated carbocycles. The SMILES string of the molecule is C/C=C(\C=N/C)CCCNC(=O)c1cnc(N2CCS(=O)(=O)CC2)c(C#Cc2ccc(F)cc2)c1. The number of halogens is 1. The number of benzene rings is 1. The van der Waals surface area contributed by atoms with Crippen molar-refractivity contribution in [1.82, 2.24) is 10.3 Å². The largest absolute Gasteiger partial charge is 0.354 e. The van der Waals surface area contributed by atoms with Crippen LogP contribution in [0.5, 0.6) is 0 Å². The number of anilines is 1. The average Bonchev–Trinajstić information content (AvgIpc) is 2.85. The first kappa shape index (κ1) is 26.1. The third kappa shape index (κ3) is 7.76. The minimum atomic E-state index is -3.06. The quantitative estimate of drug-likeness (QED) is 0.362. The van der Waals surface area contributed by atoms with E-state index < -0.39 is 9.84 Å². The molecule has 3 rings (SSSR count). The summed E-state index contributed by atoms with van der Waals surface area (Å²) in [5.74, 6) is 6.02. The third-order valence-corrected chi connectivity index (χ3v) is 7.16. The highest BCUT2D eigenvalue weighted by Gasteiger charge is 2.24. The maximum Gasteiger partial charge on any atom is 0.252 e. The predicted molar refractivity (Wildman–Crippen MR) is 137 cm³/mol. The number of carbonyl (C=O) groups is 1.